The Kier molecular flexibility index (Phi) is 11.0. The minimum absolute atomic E-state index is 0. The quantitative estimate of drug-likeness (QED) is 0.352. The third kappa shape index (κ3) is 8.28. The van der Waals surface area contributed by atoms with Crippen molar-refractivity contribution in [1.29, 1.82) is 0 Å². The van der Waals surface area contributed by atoms with E-state index >= 15 is 0 Å². The molecule has 0 aliphatic carbocycles. The molecule has 0 amide bonds. The zero-order valence-corrected chi connectivity index (χ0v) is 15.5. The molecule has 139 valence electrons. The van der Waals surface area contributed by atoms with Crippen LogP contribution in [0.5, 0.6) is 11.5 Å². The van der Waals surface area contributed by atoms with Gasteiger partial charge in [-0.3, -0.25) is 9.98 Å². The van der Waals surface area contributed by atoms with Crippen LogP contribution >= 0.6 is 0 Å². The van der Waals surface area contributed by atoms with Crippen LogP contribution < -0.4 is 10.2 Å². The van der Waals surface area contributed by atoms with Crippen molar-refractivity contribution in [3.8, 4) is 11.5 Å². The summed E-state index contributed by atoms with van der Waals surface area (Å²) < 4.78 is 0. The first kappa shape index (κ1) is 21.9. The smallest absolute Gasteiger partial charge is 0.872 e. The molecule has 0 aliphatic heterocycles. The monoisotopic (exact) mass is 394 g/mol. The van der Waals surface area contributed by atoms with Gasteiger partial charge < -0.3 is 15.5 Å². The molecule has 2 rings (SSSR count). The van der Waals surface area contributed by atoms with Crippen LogP contribution in [0.25, 0.3) is 5.32 Å². The minimum atomic E-state index is -0.00362. The Morgan fingerprint density at radius 1 is 0.731 bits per heavy atom. The molecule has 0 aliphatic rings. The maximum atomic E-state index is 11.5. The van der Waals surface area contributed by atoms with Crippen molar-refractivity contribution in [3.63, 3.8) is 0 Å². The van der Waals surface area contributed by atoms with E-state index < -0.39 is 0 Å². The summed E-state index contributed by atoms with van der Waals surface area (Å²) in [4.78, 5) is 8.51. The predicted molar refractivity (Wildman–Crippen MR) is 99.0 cm³/mol. The summed E-state index contributed by atoms with van der Waals surface area (Å²) in [6.07, 6.45) is 4.99. The third-order valence-corrected chi connectivity index (χ3v) is 3.51. The zero-order chi connectivity index (χ0) is 17.7. The SMILES string of the molecule is [Ni+3].[O-]c1ccccc1C=NCCC[N-]CCCN=Cc1ccccc1[O-]. The van der Waals surface area contributed by atoms with Gasteiger partial charge >= 0.3 is 16.5 Å². The average molecular weight is 395 g/mol. The molecule has 0 atom stereocenters. The molecular formula is C20H22N3NiO2. The molecule has 1 radical (unpaired) electrons. The minimum Gasteiger partial charge on any atom is -0.872 e. The first-order valence-corrected chi connectivity index (χ1v) is 8.42. The van der Waals surface area contributed by atoms with Gasteiger partial charge in [-0.2, -0.15) is 0 Å². The van der Waals surface area contributed by atoms with Gasteiger partial charge in [-0.25, -0.2) is 0 Å². The molecule has 0 unspecified atom stereocenters. The Bertz CT molecular complexity index is 645. The molecule has 0 saturated carbocycles. The van der Waals surface area contributed by atoms with Crippen LogP contribution in [0.1, 0.15) is 24.0 Å². The van der Waals surface area contributed by atoms with Gasteiger partial charge in [-0.15, -0.1) is 24.6 Å². The van der Waals surface area contributed by atoms with Crippen LogP contribution in [0.15, 0.2) is 58.5 Å². The molecular weight excluding hydrogens is 373 g/mol. The van der Waals surface area contributed by atoms with E-state index in [4.69, 9.17) is 0 Å². The Labute approximate surface area is 164 Å². The van der Waals surface area contributed by atoms with Crippen LogP contribution in [-0.2, 0) is 16.5 Å². The van der Waals surface area contributed by atoms with E-state index in [0.717, 1.165) is 25.9 Å². The van der Waals surface area contributed by atoms with Crippen molar-refractivity contribution in [2.45, 2.75) is 12.8 Å². The van der Waals surface area contributed by atoms with Crippen LogP contribution in [0.4, 0.5) is 0 Å². The predicted octanol–water partition coefficient (Wildman–Crippen LogP) is 2.52. The van der Waals surface area contributed by atoms with Gasteiger partial charge in [0.15, 0.2) is 0 Å². The van der Waals surface area contributed by atoms with Crippen LogP contribution in [0, 0.1) is 0 Å². The van der Waals surface area contributed by atoms with E-state index in [1.165, 1.54) is 12.1 Å². The summed E-state index contributed by atoms with van der Waals surface area (Å²) in [6, 6.07) is 13.7. The Hall–Kier alpha value is -2.17. The van der Waals surface area contributed by atoms with Gasteiger partial charge in [0.05, 0.1) is 0 Å². The summed E-state index contributed by atoms with van der Waals surface area (Å²) in [7, 11) is 0. The van der Waals surface area contributed by atoms with E-state index in [1.54, 1.807) is 36.7 Å². The number of para-hydroxylation sites is 2. The van der Waals surface area contributed by atoms with Crippen molar-refractivity contribution in [1.82, 2.24) is 0 Å². The first-order valence-electron chi connectivity index (χ1n) is 8.42. The van der Waals surface area contributed by atoms with E-state index in [2.05, 4.69) is 15.3 Å². The van der Waals surface area contributed by atoms with E-state index in [0.29, 0.717) is 24.2 Å². The topological polar surface area (TPSA) is 84.9 Å². The molecule has 0 heterocycles. The van der Waals surface area contributed by atoms with Gasteiger partial charge in [0.2, 0.25) is 0 Å². The van der Waals surface area contributed by atoms with E-state index in [1.807, 2.05) is 12.1 Å². The van der Waals surface area contributed by atoms with E-state index in [-0.39, 0.29) is 28.0 Å². The molecule has 0 aromatic heterocycles. The normalized spacial score (nSPS) is 11.1. The number of nitrogens with zero attached hydrogens (tertiary/aromatic N) is 3. The summed E-state index contributed by atoms with van der Waals surface area (Å²) in [5.74, 6) is -0.00723. The number of hydrogen-bond acceptors (Lipinski definition) is 4. The maximum absolute atomic E-state index is 11.5. The summed E-state index contributed by atoms with van der Waals surface area (Å²) >= 11 is 0. The Balaban J connectivity index is 0.00000338. The second kappa shape index (κ2) is 13.1. The fourth-order valence-corrected chi connectivity index (χ4v) is 2.16. The fourth-order valence-electron chi connectivity index (χ4n) is 2.16. The third-order valence-electron chi connectivity index (χ3n) is 3.51. The zero-order valence-electron chi connectivity index (χ0n) is 14.5. The fraction of sp³-hybridized carbons (Fsp3) is 0.300. The number of hydrogen-bond donors (Lipinski definition) is 0. The Morgan fingerprint density at radius 2 is 1.15 bits per heavy atom. The van der Waals surface area contributed by atoms with Crippen LogP contribution in [0.2, 0.25) is 0 Å². The van der Waals surface area contributed by atoms with Gasteiger partial charge in [0.1, 0.15) is 0 Å². The van der Waals surface area contributed by atoms with Crippen molar-refractivity contribution >= 4 is 12.4 Å². The molecule has 0 N–H and O–H groups in total. The van der Waals surface area contributed by atoms with Crippen molar-refractivity contribution in [2.75, 3.05) is 26.2 Å². The Morgan fingerprint density at radius 3 is 1.58 bits per heavy atom. The molecule has 0 bridgehead atoms. The van der Waals surface area contributed by atoms with Gasteiger partial charge in [-0.1, -0.05) is 61.4 Å². The second-order valence-electron chi connectivity index (χ2n) is 5.52. The van der Waals surface area contributed by atoms with E-state index in [9.17, 15) is 10.2 Å². The molecule has 6 heteroatoms. The van der Waals surface area contributed by atoms with Crippen molar-refractivity contribution < 1.29 is 26.7 Å². The summed E-state index contributed by atoms with van der Waals surface area (Å²) in [5.41, 5.74) is 1.24. The van der Waals surface area contributed by atoms with Crippen LogP contribution in [-0.4, -0.2) is 38.6 Å². The molecule has 2 aromatic rings. The standard InChI is InChI=1S/C20H24N3O2.Ni/c24-19-9-3-1-7-17(19)15-22-13-5-11-21-12-6-14-23-16-18-8-2-4-10-20(18)25;/h1-4,7-10,15-16,24-25H,5-6,11-14H2;/q-1;+3/p-2. The number of benzene rings is 2. The molecule has 0 fully saturated rings. The van der Waals surface area contributed by atoms with Crippen LogP contribution in [0.3, 0.4) is 0 Å². The largest absolute Gasteiger partial charge is 3.00 e. The first-order chi connectivity index (χ1) is 12.3. The van der Waals surface area contributed by atoms with Crippen molar-refractivity contribution in [3.05, 3.63) is 65.0 Å². The second-order valence-corrected chi connectivity index (χ2v) is 5.52. The molecule has 5 nitrogen and oxygen atoms in total. The molecule has 0 saturated heterocycles. The molecule has 2 aromatic carbocycles. The molecule has 26 heavy (non-hydrogen) atoms. The van der Waals surface area contributed by atoms with Gasteiger partial charge in [0.25, 0.3) is 0 Å². The van der Waals surface area contributed by atoms with Gasteiger partial charge in [-0.05, 0) is 11.1 Å². The summed E-state index contributed by atoms with van der Waals surface area (Å²) in [6.45, 7) is 2.83. The summed E-state index contributed by atoms with van der Waals surface area (Å²) in [5, 5.41) is 27.4. The molecule has 0 spiro atoms. The van der Waals surface area contributed by atoms with Gasteiger partial charge in [0, 0.05) is 25.5 Å². The number of aliphatic imine (C=N–C) groups is 2. The number of rotatable bonds is 10. The average Bonchev–Trinajstić information content (AvgIpc) is 2.62. The maximum Gasteiger partial charge on any atom is 3.00 e. The van der Waals surface area contributed by atoms with Crippen molar-refractivity contribution in [2.24, 2.45) is 9.98 Å².